The van der Waals surface area contributed by atoms with Gasteiger partial charge in [-0.25, -0.2) is 0 Å². The van der Waals surface area contributed by atoms with Crippen LogP contribution in [0.5, 0.6) is 0 Å². The van der Waals surface area contributed by atoms with E-state index in [4.69, 9.17) is 11.6 Å². The summed E-state index contributed by atoms with van der Waals surface area (Å²) >= 11 is 5.76. The van der Waals surface area contributed by atoms with Crippen LogP contribution in [-0.4, -0.2) is 29.3 Å². The van der Waals surface area contributed by atoms with Gasteiger partial charge in [0.15, 0.2) is 0 Å². The molecule has 2 rings (SSSR count). The first-order valence-corrected chi connectivity index (χ1v) is 6.63. The van der Waals surface area contributed by atoms with Gasteiger partial charge in [0.05, 0.1) is 5.92 Å². The maximum Gasteiger partial charge on any atom is 0.230 e. The Morgan fingerprint density at radius 2 is 2.18 bits per heavy atom. The first-order valence-electron chi connectivity index (χ1n) is 6.09. The number of fused-ring (bicyclic) bond motifs is 1. The fourth-order valence-corrected chi connectivity index (χ4v) is 2.58. The van der Waals surface area contributed by atoms with Gasteiger partial charge in [0.2, 0.25) is 5.91 Å². The molecule has 1 atom stereocenters. The molecule has 1 aromatic carbocycles. The number of carbonyl (C=O) groups is 1. The van der Waals surface area contributed by atoms with Crippen molar-refractivity contribution < 1.29 is 4.79 Å². The van der Waals surface area contributed by atoms with Crippen LogP contribution >= 0.6 is 11.6 Å². The van der Waals surface area contributed by atoms with Crippen molar-refractivity contribution in [2.75, 3.05) is 12.4 Å². The number of rotatable bonds is 4. The Balaban J connectivity index is 2.12. The van der Waals surface area contributed by atoms with E-state index >= 15 is 0 Å². The van der Waals surface area contributed by atoms with Gasteiger partial charge < -0.3 is 4.90 Å². The van der Waals surface area contributed by atoms with Crippen molar-refractivity contribution in [1.82, 2.24) is 4.90 Å². The number of alkyl halides is 1. The number of benzene rings is 1. The summed E-state index contributed by atoms with van der Waals surface area (Å²) in [6, 6.07) is 8.40. The van der Waals surface area contributed by atoms with Gasteiger partial charge in [-0.2, -0.15) is 0 Å². The fraction of sp³-hybridized carbons (Fsp3) is 0.500. The van der Waals surface area contributed by atoms with E-state index in [0.29, 0.717) is 12.4 Å². The van der Waals surface area contributed by atoms with E-state index in [1.165, 1.54) is 11.1 Å². The zero-order valence-electron chi connectivity index (χ0n) is 10.3. The number of amides is 1. The highest BCUT2D eigenvalue weighted by Crippen LogP contribution is 2.36. The molecule has 2 nitrogen and oxygen atoms in total. The molecule has 1 aliphatic rings. The molecule has 0 N–H and O–H groups in total. The maximum atomic E-state index is 12.4. The van der Waals surface area contributed by atoms with Crippen LogP contribution in [0.1, 0.15) is 30.9 Å². The van der Waals surface area contributed by atoms with Crippen molar-refractivity contribution in [2.24, 2.45) is 0 Å². The molecule has 0 saturated heterocycles. The minimum atomic E-state index is 0.0526. The number of hydrogen-bond acceptors (Lipinski definition) is 1. The van der Waals surface area contributed by atoms with E-state index in [2.05, 4.69) is 12.1 Å². The molecule has 0 aliphatic heterocycles. The Kier molecular flexibility index (Phi) is 3.72. The predicted octanol–water partition coefficient (Wildman–Crippen LogP) is 2.80. The second-order valence-electron chi connectivity index (χ2n) is 4.77. The minimum absolute atomic E-state index is 0.0526. The summed E-state index contributed by atoms with van der Waals surface area (Å²) in [6.07, 6.45) is 0.876. The number of halogens is 1. The highest BCUT2D eigenvalue weighted by atomic mass is 35.5. The lowest BCUT2D eigenvalue weighted by atomic mass is 9.76. The zero-order chi connectivity index (χ0) is 12.4. The standard InChI is InChI=1S/C14H18ClNO/c1-10(2)16(8-7-15)14(17)13-9-11-5-3-4-6-12(11)13/h3-6,10,13H,7-9H2,1-2H3. The van der Waals surface area contributed by atoms with Gasteiger partial charge in [-0.15, -0.1) is 11.6 Å². The molecule has 3 heteroatoms. The highest BCUT2D eigenvalue weighted by molar-refractivity contribution is 6.18. The number of nitrogens with zero attached hydrogens (tertiary/aromatic N) is 1. The van der Waals surface area contributed by atoms with Crippen molar-refractivity contribution in [3.8, 4) is 0 Å². The molecule has 1 unspecified atom stereocenters. The molecule has 0 aromatic heterocycles. The first-order chi connectivity index (χ1) is 8.15. The summed E-state index contributed by atoms with van der Waals surface area (Å²) in [4.78, 5) is 14.3. The summed E-state index contributed by atoms with van der Waals surface area (Å²) in [6.45, 7) is 4.71. The molecule has 0 fully saturated rings. The Bertz CT molecular complexity index is 416. The largest absolute Gasteiger partial charge is 0.339 e. The molecule has 0 heterocycles. The monoisotopic (exact) mass is 251 g/mol. The van der Waals surface area contributed by atoms with Crippen LogP contribution in [0.15, 0.2) is 24.3 Å². The second-order valence-corrected chi connectivity index (χ2v) is 5.15. The molecule has 0 saturated carbocycles. The van der Waals surface area contributed by atoms with Gasteiger partial charge in [0.1, 0.15) is 0 Å². The van der Waals surface area contributed by atoms with Crippen LogP contribution in [0.25, 0.3) is 0 Å². The number of carbonyl (C=O) groups excluding carboxylic acids is 1. The third kappa shape index (κ3) is 2.32. The average molecular weight is 252 g/mol. The highest BCUT2D eigenvalue weighted by Gasteiger charge is 2.35. The van der Waals surface area contributed by atoms with Crippen molar-refractivity contribution in [3.05, 3.63) is 35.4 Å². The van der Waals surface area contributed by atoms with E-state index in [0.717, 1.165) is 6.42 Å². The van der Waals surface area contributed by atoms with Crippen molar-refractivity contribution in [2.45, 2.75) is 32.2 Å². The molecule has 1 amide bonds. The maximum absolute atomic E-state index is 12.4. The minimum Gasteiger partial charge on any atom is -0.339 e. The van der Waals surface area contributed by atoms with Crippen LogP contribution in [0.2, 0.25) is 0 Å². The number of hydrogen-bond donors (Lipinski definition) is 0. The quantitative estimate of drug-likeness (QED) is 0.754. The predicted molar refractivity (Wildman–Crippen MR) is 70.5 cm³/mol. The molecule has 1 aliphatic carbocycles. The summed E-state index contributed by atoms with van der Waals surface area (Å²) in [7, 11) is 0. The molecule has 17 heavy (non-hydrogen) atoms. The lowest BCUT2D eigenvalue weighted by Gasteiger charge is -2.35. The van der Waals surface area contributed by atoms with E-state index < -0.39 is 0 Å². The molecule has 0 bridgehead atoms. The van der Waals surface area contributed by atoms with E-state index in [9.17, 15) is 4.79 Å². The zero-order valence-corrected chi connectivity index (χ0v) is 11.1. The van der Waals surface area contributed by atoms with Crippen LogP contribution in [0, 0.1) is 0 Å². The van der Waals surface area contributed by atoms with Gasteiger partial charge >= 0.3 is 0 Å². The van der Waals surface area contributed by atoms with E-state index in [1.54, 1.807) is 0 Å². The third-order valence-electron chi connectivity index (χ3n) is 3.38. The normalized spacial score (nSPS) is 17.5. The van der Waals surface area contributed by atoms with Gasteiger partial charge in [-0.1, -0.05) is 24.3 Å². The van der Waals surface area contributed by atoms with Crippen LogP contribution < -0.4 is 0 Å². The van der Waals surface area contributed by atoms with Crippen LogP contribution in [0.3, 0.4) is 0 Å². The van der Waals surface area contributed by atoms with E-state index in [1.807, 2.05) is 30.9 Å². The summed E-state index contributed by atoms with van der Waals surface area (Å²) in [5.74, 6) is 0.773. The molecular formula is C14H18ClNO. The molecule has 0 spiro atoms. The smallest absolute Gasteiger partial charge is 0.230 e. The second kappa shape index (κ2) is 5.09. The van der Waals surface area contributed by atoms with E-state index in [-0.39, 0.29) is 17.9 Å². The van der Waals surface area contributed by atoms with Gasteiger partial charge in [-0.3, -0.25) is 4.79 Å². The third-order valence-corrected chi connectivity index (χ3v) is 3.55. The Morgan fingerprint density at radius 1 is 1.47 bits per heavy atom. The topological polar surface area (TPSA) is 20.3 Å². The van der Waals surface area contributed by atoms with Crippen molar-refractivity contribution in [1.29, 1.82) is 0 Å². The van der Waals surface area contributed by atoms with Gasteiger partial charge in [-0.05, 0) is 31.4 Å². The molecular weight excluding hydrogens is 234 g/mol. The van der Waals surface area contributed by atoms with Crippen molar-refractivity contribution >= 4 is 17.5 Å². The fourth-order valence-electron chi connectivity index (χ4n) is 2.39. The Morgan fingerprint density at radius 3 is 2.76 bits per heavy atom. The summed E-state index contributed by atoms with van der Waals surface area (Å²) in [5, 5.41) is 0. The SMILES string of the molecule is CC(C)N(CCCl)C(=O)C1Cc2ccccc21. The summed E-state index contributed by atoms with van der Waals surface area (Å²) in [5.41, 5.74) is 2.50. The first kappa shape index (κ1) is 12.4. The summed E-state index contributed by atoms with van der Waals surface area (Å²) < 4.78 is 0. The van der Waals surface area contributed by atoms with Crippen molar-refractivity contribution in [3.63, 3.8) is 0 Å². The molecule has 1 aromatic rings. The Labute approximate surface area is 108 Å². The lowest BCUT2D eigenvalue weighted by molar-refractivity contribution is -0.134. The van der Waals surface area contributed by atoms with Crippen LogP contribution in [0.4, 0.5) is 0 Å². The average Bonchev–Trinajstić information content (AvgIpc) is 2.27. The molecule has 0 radical (unpaired) electrons. The van der Waals surface area contributed by atoms with Crippen LogP contribution in [-0.2, 0) is 11.2 Å². The Hall–Kier alpha value is -1.02. The molecule has 92 valence electrons. The lowest BCUT2D eigenvalue weighted by Crippen LogP contribution is -2.44. The van der Waals surface area contributed by atoms with Gasteiger partial charge in [0, 0.05) is 18.5 Å². The van der Waals surface area contributed by atoms with Gasteiger partial charge in [0.25, 0.3) is 0 Å².